The molecule has 3 aliphatic heterocycles. The van der Waals surface area contributed by atoms with Crippen LogP contribution in [0, 0.1) is 11.8 Å². The number of carbonyl (C=O) groups is 2. The zero-order valence-electron chi connectivity index (χ0n) is 15.3. The molecule has 6 nitrogen and oxygen atoms in total. The number of nitrogens with two attached hydrogens (primary N) is 1. The molecule has 2 saturated heterocycles. The highest BCUT2D eigenvalue weighted by atomic mass is 35.5. The van der Waals surface area contributed by atoms with Gasteiger partial charge in [0.2, 0.25) is 11.8 Å². The fourth-order valence-electron chi connectivity index (χ4n) is 4.67. The Bertz CT molecular complexity index is 727. The first-order valence-electron chi connectivity index (χ1n) is 9.77. The monoisotopic (exact) mass is 391 g/mol. The standard InChI is InChI=1S/C20H26ClN3O3/c21-14-1-2-15-16(11-14)23-19(25)17(15)12-3-7-24(8-4-12)20(26)18(22)13-5-9-27-10-6-13/h1-2,11-13,17-18H,3-10,22H2,(H,23,25). The summed E-state index contributed by atoms with van der Waals surface area (Å²) < 4.78 is 5.37. The Balaban J connectivity index is 1.38. The van der Waals surface area contributed by atoms with Crippen LogP contribution in [-0.4, -0.2) is 49.1 Å². The number of anilines is 1. The molecule has 3 aliphatic rings. The molecule has 4 rings (SSSR count). The molecule has 0 aliphatic carbocycles. The van der Waals surface area contributed by atoms with Gasteiger partial charge in [0, 0.05) is 37.0 Å². The summed E-state index contributed by atoms with van der Waals surface area (Å²) >= 11 is 6.04. The predicted octanol–water partition coefficient (Wildman–Crippen LogP) is 2.37. The lowest BCUT2D eigenvalue weighted by molar-refractivity contribution is -0.136. The van der Waals surface area contributed by atoms with E-state index in [0.717, 1.165) is 36.9 Å². The average molecular weight is 392 g/mol. The fraction of sp³-hybridized carbons (Fsp3) is 0.600. The van der Waals surface area contributed by atoms with Crippen LogP contribution in [0.25, 0.3) is 0 Å². The molecule has 27 heavy (non-hydrogen) atoms. The summed E-state index contributed by atoms with van der Waals surface area (Å²) in [5.74, 6) is 0.370. The van der Waals surface area contributed by atoms with Crippen molar-refractivity contribution in [3.8, 4) is 0 Å². The number of likely N-dealkylation sites (tertiary alicyclic amines) is 1. The summed E-state index contributed by atoms with van der Waals surface area (Å²) in [5, 5.41) is 3.57. The Morgan fingerprint density at radius 1 is 1.22 bits per heavy atom. The number of carbonyl (C=O) groups excluding carboxylic acids is 2. The first kappa shape index (κ1) is 18.7. The molecule has 146 valence electrons. The predicted molar refractivity (Wildman–Crippen MR) is 104 cm³/mol. The molecule has 0 radical (unpaired) electrons. The lowest BCUT2D eigenvalue weighted by atomic mass is 9.80. The molecule has 7 heteroatoms. The van der Waals surface area contributed by atoms with Crippen molar-refractivity contribution in [2.75, 3.05) is 31.6 Å². The molecule has 1 aromatic carbocycles. The van der Waals surface area contributed by atoms with Gasteiger partial charge in [-0.3, -0.25) is 9.59 Å². The number of piperidine rings is 1. The van der Waals surface area contributed by atoms with Crippen LogP contribution >= 0.6 is 11.6 Å². The zero-order chi connectivity index (χ0) is 19.0. The molecule has 3 heterocycles. The van der Waals surface area contributed by atoms with Crippen LogP contribution in [0.2, 0.25) is 5.02 Å². The molecule has 0 bridgehead atoms. The molecule has 0 saturated carbocycles. The highest BCUT2D eigenvalue weighted by Gasteiger charge is 2.40. The van der Waals surface area contributed by atoms with E-state index in [-0.39, 0.29) is 29.6 Å². The number of benzene rings is 1. The third kappa shape index (κ3) is 3.71. The van der Waals surface area contributed by atoms with Crippen LogP contribution in [-0.2, 0) is 14.3 Å². The van der Waals surface area contributed by atoms with Gasteiger partial charge in [0.25, 0.3) is 0 Å². The number of halogens is 1. The second kappa shape index (κ2) is 7.78. The van der Waals surface area contributed by atoms with E-state index in [4.69, 9.17) is 22.1 Å². The molecule has 2 fully saturated rings. The molecule has 2 unspecified atom stereocenters. The van der Waals surface area contributed by atoms with Crippen LogP contribution in [0.4, 0.5) is 5.69 Å². The number of nitrogens with one attached hydrogen (secondary N) is 1. The van der Waals surface area contributed by atoms with E-state index in [1.165, 1.54) is 0 Å². The van der Waals surface area contributed by atoms with Crippen molar-refractivity contribution in [1.29, 1.82) is 0 Å². The van der Waals surface area contributed by atoms with Crippen molar-refractivity contribution >= 4 is 29.1 Å². The molecule has 2 atom stereocenters. The van der Waals surface area contributed by atoms with Gasteiger partial charge < -0.3 is 20.7 Å². The topological polar surface area (TPSA) is 84.7 Å². The van der Waals surface area contributed by atoms with Gasteiger partial charge in [-0.15, -0.1) is 0 Å². The van der Waals surface area contributed by atoms with E-state index < -0.39 is 6.04 Å². The minimum atomic E-state index is -0.442. The maximum Gasteiger partial charge on any atom is 0.239 e. The number of nitrogens with zero attached hydrogens (tertiary/aromatic N) is 1. The van der Waals surface area contributed by atoms with E-state index in [1.54, 1.807) is 6.07 Å². The largest absolute Gasteiger partial charge is 0.381 e. The maximum atomic E-state index is 12.8. The second-order valence-electron chi connectivity index (χ2n) is 7.84. The van der Waals surface area contributed by atoms with Gasteiger partial charge in [0.05, 0.1) is 12.0 Å². The number of rotatable bonds is 3. The first-order chi connectivity index (χ1) is 13.0. The Morgan fingerprint density at radius 2 is 1.93 bits per heavy atom. The SMILES string of the molecule is NC(C(=O)N1CCC(C2C(=O)Nc3cc(Cl)ccc32)CC1)C1CCOCC1. The van der Waals surface area contributed by atoms with Gasteiger partial charge in [-0.1, -0.05) is 17.7 Å². The van der Waals surface area contributed by atoms with Crippen molar-refractivity contribution in [3.05, 3.63) is 28.8 Å². The molecular weight excluding hydrogens is 366 g/mol. The van der Waals surface area contributed by atoms with Crippen LogP contribution in [0.5, 0.6) is 0 Å². The Morgan fingerprint density at radius 3 is 2.63 bits per heavy atom. The summed E-state index contributed by atoms with van der Waals surface area (Å²) in [6.45, 7) is 2.70. The van der Waals surface area contributed by atoms with Gasteiger partial charge in [0.15, 0.2) is 0 Å². The highest BCUT2D eigenvalue weighted by Crippen LogP contribution is 2.42. The Kier molecular flexibility index (Phi) is 5.39. The second-order valence-corrected chi connectivity index (χ2v) is 8.27. The lowest BCUT2D eigenvalue weighted by Gasteiger charge is -2.37. The van der Waals surface area contributed by atoms with Gasteiger partial charge in [-0.05, 0) is 55.2 Å². The van der Waals surface area contributed by atoms with Crippen LogP contribution in [0.1, 0.15) is 37.2 Å². The summed E-state index contributed by atoms with van der Waals surface area (Å²) in [6.07, 6.45) is 3.33. The van der Waals surface area contributed by atoms with Gasteiger partial charge >= 0.3 is 0 Å². The highest BCUT2D eigenvalue weighted by molar-refractivity contribution is 6.31. The van der Waals surface area contributed by atoms with E-state index >= 15 is 0 Å². The molecule has 2 amide bonds. The van der Waals surface area contributed by atoms with Crippen LogP contribution in [0.3, 0.4) is 0 Å². The summed E-state index contributed by atoms with van der Waals surface area (Å²) in [7, 11) is 0. The maximum absolute atomic E-state index is 12.8. The number of fused-ring (bicyclic) bond motifs is 1. The summed E-state index contributed by atoms with van der Waals surface area (Å²) in [4.78, 5) is 27.2. The van der Waals surface area contributed by atoms with Crippen molar-refractivity contribution in [1.82, 2.24) is 4.90 Å². The van der Waals surface area contributed by atoms with Crippen molar-refractivity contribution in [2.24, 2.45) is 17.6 Å². The molecular formula is C20H26ClN3O3. The quantitative estimate of drug-likeness (QED) is 0.828. The molecule has 3 N–H and O–H groups in total. The van der Waals surface area contributed by atoms with Crippen LogP contribution < -0.4 is 11.1 Å². The summed E-state index contributed by atoms with van der Waals surface area (Å²) in [5.41, 5.74) is 8.09. The minimum absolute atomic E-state index is 0.0379. The average Bonchev–Trinajstić information content (AvgIpc) is 3.02. The third-order valence-corrected chi connectivity index (χ3v) is 6.51. The zero-order valence-corrected chi connectivity index (χ0v) is 16.1. The van der Waals surface area contributed by atoms with Crippen molar-refractivity contribution < 1.29 is 14.3 Å². The normalized spacial score (nSPS) is 25.2. The van der Waals surface area contributed by atoms with E-state index in [2.05, 4.69) is 5.32 Å². The van der Waals surface area contributed by atoms with Gasteiger partial charge in [-0.25, -0.2) is 0 Å². The number of hydrogen-bond donors (Lipinski definition) is 2. The molecule has 0 aromatic heterocycles. The Labute approximate surface area is 164 Å². The Hall–Kier alpha value is -1.63. The number of hydrogen-bond acceptors (Lipinski definition) is 4. The van der Waals surface area contributed by atoms with Crippen LogP contribution in [0.15, 0.2) is 18.2 Å². The van der Waals surface area contributed by atoms with Crippen molar-refractivity contribution in [3.63, 3.8) is 0 Å². The van der Waals surface area contributed by atoms with E-state index in [1.807, 2.05) is 17.0 Å². The first-order valence-corrected chi connectivity index (χ1v) is 10.1. The number of ether oxygens (including phenoxy) is 1. The smallest absolute Gasteiger partial charge is 0.239 e. The minimum Gasteiger partial charge on any atom is -0.381 e. The number of amides is 2. The fourth-order valence-corrected chi connectivity index (χ4v) is 4.84. The van der Waals surface area contributed by atoms with Crippen molar-refractivity contribution in [2.45, 2.75) is 37.6 Å². The third-order valence-electron chi connectivity index (χ3n) is 6.27. The van der Waals surface area contributed by atoms with Gasteiger partial charge in [-0.2, -0.15) is 0 Å². The molecule has 1 aromatic rings. The van der Waals surface area contributed by atoms with E-state index in [0.29, 0.717) is 31.3 Å². The molecule has 0 spiro atoms. The van der Waals surface area contributed by atoms with Gasteiger partial charge in [0.1, 0.15) is 0 Å². The summed E-state index contributed by atoms with van der Waals surface area (Å²) in [6, 6.07) is 5.14. The van der Waals surface area contributed by atoms with E-state index in [9.17, 15) is 9.59 Å². The lowest BCUT2D eigenvalue weighted by Crippen LogP contribution is -2.51.